The number of ether oxygens (including phenoxy) is 1. The van der Waals surface area contributed by atoms with Crippen LogP contribution in [0.15, 0.2) is 0 Å². The fourth-order valence-corrected chi connectivity index (χ4v) is 4.31. The molecule has 3 nitrogen and oxygen atoms in total. The molecule has 0 aromatic carbocycles. The van der Waals surface area contributed by atoms with Gasteiger partial charge in [0.05, 0.1) is 6.61 Å². The molecule has 0 aromatic heterocycles. The number of unbranched alkanes of at least 4 members (excludes halogenated alkanes) is 1. The zero-order chi connectivity index (χ0) is 19.7. The summed E-state index contributed by atoms with van der Waals surface area (Å²) >= 11 is 0. The highest BCUT2D eigenvalue weighted by Gasteiger charge is 2.28. The van der Waals surface area contributed by atoms with Gasteiger partial charge in [0, 0.05) is 39.3 Å². The largest absolute Gasteiger partial charge is 0.380 e. The molecule has 1 N–H and O–H groups in total. The van der Waals surface area contributed by atoms with Gasteiger partial charge in [-0.2, -0.15) is 0 Å². The van der Waals surface area contributed by atoms with Crippen molar-refractivity contribution in [1.29, 1.82) is 0 Å². The second-order valence-electron chi connectivity index (χ2n) is 11.2. The Hall–Kier alpha value is -0.120. The highest BCUT2D eigenvalue weighted by molar-refractivity contribution is 4.79. The Morgan fingerprint density at radius 3 is 1.96 bits per heavy atom. The first-order valence-corrected chi connectivity index (χ1v) is 11.0. The normalized spacial score (nSPS) is 17.7. The Bertz CT molecular complexity index is 365. The molecule has 1 fully saturated rings. The molecule has 156 valence electrons. The van der Waals surface area contributed by atoms with Crippen molar-refractivity contribution < 1.29 is 4.74 Å². The van der Waals surface area contributed by atoms with Crippen LogP contribution in [0.4, 0.5) is 0 Å². The number of rotatable bonds is 12. The predicted octanol–water partition coefficient (Wildman–Crippen LogP) is 5.35. The summed E-state index contributed by atoms with van der Waals surface area (Å²) in [5.74, 6) is 0. The van der Waals surface area contributed by atoms with Crippen molar-refractivity contribution in [3.63, 3.8) is 0 Å². The highest BCUT2D eigenvalue weighted by atomic mass is 16.5. The third-order valence-corrected chi connectivity index (χ3v) is 5.67. The third-order valence-electron chi connectivity index (χ3n) is 5.67. The van der Waals surface area contributed by atoms with Gasteiger partial charge in [0.25, 0.3) is 0 Å². The molecule has 0 aromatic rings. The average molecular weight is 369 g/mol. The van der Waals surface area contributed by atoms with Gasteiger partial charge in [-0.1, -0.05) is 61.3 Å². The summed E-state index contributed by atoms with van der Waals surface area (Å²) in [6.07, 6.45) is 7.87. The van der Waals surface area contributed by atoms with Crippen molar-refractivity contribution in [1.82, 2.24) is 10.2 Å². The van der Waals surface area contributed by atoms with Crippen LogP contribution in [0.1, 0.15) is 87.0 Å². The lowest BCUT2D eigenvalue weighted by Crippen LogP contribution is -2.44. The van der Waals surface area contributed by atoms with Crippen molar-refractivity contribution in [3.05, 3.63) is 0 Å². The van der Waals surface area contributed by atoms with Gasteiger partial charge in [-0.3, -0.25) is 4.90 Å². The highest BCUT2D eigenvalue weighted by Crippen LogP contribution is 2.39. The van der Waals surface area contributed by atoms with Gasteiger partial charge in [-0.25, -0.2) is 0 Å². The summed E-state index contributed by atoms with van der Waals surface area (Å²) in [6, 6.07) is 0. The Morgan fingerprint density at radius 1 is 0.769 bits per heavy atom. The van der Waals surface area contributed by atoms with Crippen LogP contribution >= 0.6 is 0 Å². The quantitative estimate of drug-likeness (QED) is 0.470. The molecule has 26 heavy (non-hydrogen) atoms. The molecule has 0 aliphatic carbocycles. The molecule has 0 amide bonds. The van der Waals surface area contributed by atoms with Crippen molar-refractivity contribution in [2.24, 2.45) is 16.2 Å². The standard InChI is InChI=1S/C23H48N2O/c1-21(2,3)10-8-9-11-22(4,5)20-23(6,7)12-18-26-19-17-25-15-13-24-14-16-25/h24H,8-20H2,1-7H3. The molecule has 1 aliphatic rings. The van der Waals surface area contributed by atoms with Crippen molar-refractivity contribution in [2.75, 3.05) is 45.9 Å². The lowest BCUT2D eigenvalue weighted by atomic mass is 9.71. The second kappa shape index (κ2) is 11.0. The minimum Gasteiger partial charge on any atom is -0.380 e. The molecule has 3 heteroatoms. The zero-order valence-corrected chi connectivity index (χ0v) is 19.0. The van der Waals surface area contributed by atoms with E-state index in [0.29, 0.717) is 16.2 Å². The molecule has 0 bridgehead atoms. The van der Waals surface area contributed by atoms with Crippen LogP contribution in [0.5, 0.6) is 0 Å². The maximum Gasteiger partial charge on any atom is 0.0593 e. The van der Waals surface area contributed by atoms with Crippen molar-refractivity contribution in [2.45, 2.75) is 87.0 Å². The maximum absolute atomic E-state index is 5.96. The van der Waals surface area contributed by atoms with E-state index >= 15 is 0 Å². The number of nitrogens with zero attached hydrogens (tertiary/aromatic N) is 1. The Labute approximate surface area is 164 Å². The first-order valence-electron chi connectivity index (χ1n) is 11.0. The summed E-state index contributed by atoms with van der Waals surface area (Å²) in [5.41, 5.74) is 1.27. The Kier molecular flexibility index (Phi) is 10.1. The molecule has 0 saturated carbocycles. The van der Waals surface area contributed by atoms with E-state index in [1.54, 1.807) is 0 Å². The first-order chi connectivity index (χ1) is 12.0. The lowest BCUT2D eigenvalue weighted by molar-refractivity contribution is 0.0656. The predicted molar refractivity (Wildman–Crippen MR) is 115 cm³/mol. The van der Waals surface area contributed by atoms with Gasteiger partial charge in [-0.15, -0.1) is 0 Å². The molecule has 1 aliphatic heterocycles. The van der Waals surface area contributed by atoms with E-state index in [0.717, 1.165) is 45.9 Å². The van der Waals surface area contributed by atoms with Crippen LogP contribution in [-0.4, -0.2) is 50.8 Å². The van der Waals surface area contributed by atoms with Crippen LogP contribution in [0.3, 0.4) is 0 Å². The van der Waals surface area contributed by atoms with Crippen molar-refractivity contribution in [3.8, 4) is 0 Å². The molecule has 1 saturated heterocycles. The van der Waals surface area contributed by atoms with Crippen LogP contribution < -0.4 is 5.32 Å². The fourth-order valence-electron chi connectivity index (χ4n) is 4.31. The summed E-state index contributed by atoms with van der Waals surface area (Å²) in [6.45, 7) is 24.2. The Morgan fingerprint density at radius 2 is 1.35 bits per heavy atom. The van der Waals surface area contributed by atoms with Crippen LogP contribution in [-0.2, 0) is 4.74 Å². The van der Waals surface area contributed by atoms with Gasteiger partial charge in [0.15, 0.2) is 0 Å². The van der Waals surface area contributed by atoms with E-state index in [-0.39, 0.29) is 0 Å². The topological polar surface area (TPSA) is 24.5 Å². The van der Waals surface area contributed by atoms with E-state index in [9.17, 15) is 0 Å². The van der Waals surface area contributed by atoms with E-state index in [1.807, 2.05) is 0 Å². The monoisotopic (exact) mass is 368 g/mol. The van der Waals surface area contributed by atoms with Gasteiger partial charge >= 0.3 is 0 Å². The van der Waals surface area contributed by atoms with Crippen molar-refractivity contribution >= 4 is 0 Å². The van der Waals surface area contributed by atoms with Crippen LogP contribution in [0, 0.1) is 16.2 Å². The van der Waals surface area contributed by atoms with Crippen LogP contribution in [0.25, 0.3) is 0 Å². The second-order valence-corrected chi connectivity index (χ2v) is 11.2. The van der Waals surface area contributed by atoms with Gasteiger partial charge in [0.1, 0.15) is 0 Å². The van der Waals surface area contributed by atoms with Crippen LogP contribution in [0.2, 0.25) is 0 Å². The first kappa shape index (κ1) is 23.9. The number of nitrogens with one attached hydrogen (secondary N) is 1. The molecular weight excluding hydrogens is 320 g/mol. The van der Waals surface area contributed by atoms with Gasteiger partial charge < -0.3 is 10.1 Å². The molecule has 0 spiro atoms. The van der Waals surface area contributed by atoms with E-state index in [2.05, 4.69) is 58.7 Å². The number of hydrogen-bond acceptors (Lipinski definition) is 3. The minimum atomic E-state index is 0.364. The van der Waals surface area contributed by atoms with E-state index < -0.39 is 0 Å². The average Bonchev–Trinajstić information content (AvgIpc) is 2.50. The number of piperazine rings is 1. The summed E-state index contributed by atoms with van der Waals surface area (Å²) in [4.78, 5) is 2.50. The molecular formula is C23H48N2O. The summed E-state index contributed by atoms with van der Waals surface area (Å²) in [5, 5.41) is 3.40. The van der Waals surface area contributed by atoms with E-state index in [4.69, 9.17) is 4.74 Å². The fraction of sp³-hybridized carbons (Fsp3) is 1.00. The van der Waals surface area contributed by atoms with E-state index in [1.165, 1.54) is 38.5 Å². The summed E-state index contributed by atoms with van der Waals surface area (Å²) < 4.78 is 5.96. The molecule has 0 unspecified atom stereocenters. The SMILES string of the molecule is CC(C)(C)CCCCC(C)(C)CC(C)(C)CCOCCN1CCNCC1. The lowest BCUT2D eigenvalue weighted by Gasteiger charge is -2.35. The smallest absolute Gasteiger partial charge is 0.0593 e. The Balaban J connectivity index is 2.15. The molecule has 1 rings (SSSR count). The third kappa shape index (κ3) is 12.3. The van der Waals surface area contributed by atoms with Gasteiger partial charge in [-0.05, 0) is 41.9 Å². The number of hydrogen-bond donors (Lipinski definition) is 1. The molecule has 1 heterocycles. The minimum absolute atomic E-state index is 0.364. The molecule has 0 atom stereocenters. The molecule has 0 radical (unpaired) electrons. The summed E-state index contributed by atoms with van der Waals surface area (Å²) in [7, 11) is 0. The van der Waals surface area contributed by atoms with Gasteiger partial charge in [0.2, 0.25) is 0 Å². The zero-order valence-electron chi connectivity index (χ0n) is 19.0. The maximum atomic E-state index is 5.96.